The van der Waals surface area contributed by atoms with Gasteiger partial charge >= 0.3 is 0 Å². The molecule has 0 unspecified atom stereocenters. The van der Waals surface area contributed by atoms with Crippen molar-refractivity contribution >= 4 is 16.9 Å². The van der Waals surface area contributed by atoms with E-state index in [1.54, 1.807) is 0 Å². The highest BCUT2D eigenvalue weighted by Crippen LogP contribution is 2.15. The van der Waals surface area contributed by atoms with Crippen LogP contribution in [-0.4, -0.2) is 27.2 Å². The number of rotatable bonds is 6. The van der Waals surface area contributed by atoms with Gasteiger partial charge in [-0.3, -0.25) is 4.79 Å². The van der Waals surface area contributed by atoms with Crippen molar-refractivity contribution in [3.63, 3.8) is 0 Å². The van der Waals surface area contributed by atoms with E-state index in [0.29, 0.717) is 25.8 Å². The average molecular weight is 326 g/mol. The summed E-state index contributed by atoms with van der Waals surface area (Å²) in [5, 5.41) is 6.87. The molecule has 3 aromatic rings. The molecule has 2 aromatic heterocycles. The van der Waals surface area contributed by atoms with E-state index < -0.39 is 0 Å². The van der Waals surface area contributed by atoms with Crippen LogP contribution in [0.2, 0.25) is 0 Å². The summed E-state index contributed by atoms with van der Waals surface area (Å²) in [5.41, 5.74) is 3.98. The van der Waals surface area contributed by atoms with E-state index in [9.17, 15) is 4.79 Å². The van der Waals surface area contributed by atoms with Crippen LogP contribution in [-0.2, 0) is 24.7 Å². The molecule has 0 aliphatic carbocycles. The summed E-state index contributed by atoms with van der Waals surface area (Å²) in [4.78, 5) is 16.6. The molecule has 1 amide bonds. The highest BCUT2D eigenvalue weighted by Gasteiger charge is 2.11. The lowest BCUT2D eigenvalue weighted by Gasteiger charge is -2.06. The van der Waals surface area contributed by atoms with Gasteiger partial charge in [0.05, 0.1) is 16.7 Å². The van der Waals surface area contributed by atoms with Crippen molar-refractivity contribution in [3.8, 4) is 0 Å². The molecule has 0 saturated heterocycles. The third kappa shape index (κ3) is 3.32. The van der Waals surface area contributed by atoms with Gasteiger partial charge in [-0.15, -0.1) is 0 Å². The van der Waals surface area contributed by atoms with Gasteiger partial charge in [0, 0.05) is 32.0 Å². The number of hydrogen-bond acceptors (Lipinski definition) is 4. The van der Waals surface area contributed by atoms with E-state index in [1.165, 1.54) is 0 Å². The topological polar surface area (TPSA) is 73.0 Å². The van der Waals surface area contributed by atoms with Crippen LogP contribution in [0.15, 0.2) is 28.8 Å². The number of nitrogens with one attached hydrogen (secondary N) is 1. The number of imidazole rings is 1. The van der Waals surface area contributed by atoms with Gasteiger partial charge in [-0.1, -0.05) is 17.3 Å². The first-order valence-electron chi connectivity index (χ1n) is 8.15. The predicted octanol–water partition coefficient (Wildman–Crippen LogP) is 2.47. The lowest BCUT2D eigenvalue weighted by atomic mass is 10.1. The van der Waals surface area contributed by atoms with E-state index in [0.717, 1.165) is 33.9 Å². The van der Waals surface area contributed by atoms with Gasteiger partial charge in [-0.2, -0.15) is 0 Å². The molecule has 6 heteroatoms. The van der Waals surface area contributed by atoms with Crippen LogP contribution < -0.4 is 5.32 Å². The Kier molecular flexibility index (Phi) is 4.64. The van der Waals surface area contributed by atoms with Crippen molar-refractivity contribution in [1.82, 2.24) is 20.0 Å². The van der Waals surface area contributed by atoms with Crippen LogP contribution >= 0.6 is 0 Å². The number of aromatic nitrogens is 3. The van der Waals surface area contributed by atoms with Gasteiger partial charge in [-0.25, -0.2) is 4.98 Å². The molecule has 0 aliphatic heterocycles. The van der Waals surface area contributed by atoms with E-state index in [4.69, 9.17) is 4.52 Å². The maximum atomic E-state index is 12.0. The van der Waals surface area contributed by atoms with Crippen LogP contribution in [0.5, 0.6) is 0 Å². The Morgan fingerprint density at radius 1 is 1.25 bits per heavy atom. The van der Waals surface area contributed by atoms with Crippen molar-refractivity contribution in [2.75, 3.05) is 6.54 Å². The summed E-state index contributed by atoms with van der Waals surface area (Å²) < 4.78 is 7.19. The van der Waals surface area contributed by atoms with Gasteiger partial charge in [0.15, 0.2) is 0 Å². The molecule has 6 nitrogen and oxygen atoms in total. The maximum Gasteiger partial charge on any atom is 0.220 e. The van der Waals surface area contributed by atoms with Crippen molar-refractivity contribution in [3.05, 3.63) is 47.1 Å². The summed E-state index contributed by atoms with van der Waals surface area (Å²) in [6.07, 6.45) is 1.80. The van der Waals surface area contributed by atoms with Gasteiger partial charge < -0.3 is 14.4 Å². The highest BCUT2D eigenvalue weighted by atomic mass is 16.5. The fraction of sp³-hybridized carbons (Fsp3) is 0.389. The number of carbonyl (C=O) groups is 1. The molecule has 24 heavy (non-hydrogen) atoms. The normalized spacial score (nSPS) is 11.1. The number of para-hydroxylation sites is 2. The number of carbonyl (C=O) groups excluding carboxylic acids is 1. The Morgan fingerprint density at radius 2 is 2.04 bits per heavy atom. The fourth-order valence-corrected chi connectivity index (χ4v) is 2.92. The lowest BCUT2D eigenvalue weighted by Crippen LogP contribution is -2.26. The molecule has 0 spiro atoms. The van der Waals surface area contributed by atoms with E-state index >= 15 is 0 Å². The summed E-state index contributed by atoms with van der Waals surface area (Å²) in [6, 6.07) is 8.04. The molecular weight excluding hydrogens is 304 g/mol. The molecule has 1 N–H and O–H groups in total. The third-order valence-electron chi connectivity index (χ3n) is 4.33. The molecule has 0 bridgehead atoms. The minimum absolute atomic E-state index is 0.0359. The van der Waals surface area contributed by atoms with E-state index in [1.807, 2.05) is 45.2 Å². The zero-order valence-electron chi connectivity index (χ0n) is 14.3. The Bertz CT molecular complexity index is 844. The molecule has 0 atom stereocenters. The predicted molar refractivity (Wildman–Crippen MR) is 91.7 cm³/mol. The van der Waals surface area contributed by atoms with Crippen LogP contribution in [0.1, 0.15) is 29.3 Å². The lowest BCUT2D eigenvalue weighted by molar-refractivity contribution is -0.121. The maximum absolute atomic E-state index is 12.0. The van der Waals surface area contributed by atoms with E-state index in [2.05, 4.69) is 20.0 Å². The SMILES string of the molecule is Cc1noc(C)c1CCC(=O)NCCc1nc2ccccc2n1C. The molecule has 0 fully saturated rings. The first-order valence-corrected chi connectivity index (χ1v) is 8.15. The second-order valence-corrected chi connectivity index (χ2v) is 5.98. The first-order chi connectivity index (χ1) is 11.6. The molecular formula is C18H22N4O2. The Balaban J connectivity index is 1.50. The Hall–Kier alpha value is -2.63. The summed E-state index contributed by atoms with van der Waals surface area (Å²) in [5.74, 6) is 1.80. The van der Waals surface area contributed by atoms with Gasteiger partial charge in [0.2, 0.25) is 5.91 Å². The molecule has 0 aliphatic rings. The molecule has 1 aromatic carbocycles. The smallest absolute Gasteiger partial charge is 0.220 e. The molecule has 0 radical (unpaired) electrons. The van der Waals surface area contributed by atoms with Crippen molar-refractivity contribution in [2.45, 2.75) is 33.1 Å². The number of aryl methyl sites for hydroxylation is 3. The second-order valence-electron chi connectivity index (χ2n) is 5.98. The van der Waals surface area contributed by atoms with Crippen molar-refractivity contribution in [1.29, 1.82) is 0 Å². The molecule has 126 valence electrons. The second kappa shape index (κ2) is 6.86. The number of fused-ring (bicyclic) bond motifs is 1. The van der Waals surface area contributed by atoms with Gasteiger partial charge in [0.1, 0.15) is 11.6 Å². The minimum Gasteiger partial charge on any atom is -0.361 e. The third-order valence-corrected chi connectivity index (χ3v) is 4.33. The zero-order valence-corrected chi connectivity index (χ0v) is 14.3. The molecule has 3 rings (SSSR count). The zero-order chi connectivity index (χ0) is 17.1. The van der Waals surface area contributed by atoms with Crippen molar-refractivity contribution < 1.29 is 9.32 Å². The largest absolute Gasteiger partial charge is 0.361 e. The standard InChI is InChI=1S/C18H22N4O2/c1-12-14(13(2)24-21-12)8-9-18(23)19-11-10-17-20-15-6-4-5-7-16(15)22(17)3/h4-7H,8-11H2,1-3H3,(H,19,23). The molecule has 0 saturated carbocycles. The minimum atomic E-state index is 0.0359. The molecule has 2 heterocycles. The number of benzene rings is 1. The van der Waals surface area contributed by atoms with Gasteiger partial charge in [-0.05, 0) is 32.4 Å². The highest BCUT2D eigenvalue weighted by molar-refractivity contribution is 5.77. The Morgan fingerprint density at radius 3 is 2.75 bits per heavy atom. The number of amides is 1. The van der Waals surface area contributed by atoms with Crippen LogP contribution in [0, 0.1) is 13.8 Å². The Labute approximate surface area is 140 Å². The monoisotopic (exact) mass is 326 g/mol. The van der Waals surface area contributed by atoms with Gasteiger partial charge in [0.25, 0.3) is 0 Å². The van der Waals surface area contributed by atoms with Crippen LogP contribution in [0.25, 0.3) is 11.0 Å². The van der Waals surface area contributed by atoms with Crippen molar-refractivity contribution in [2.24, 2.45) is 7.05 Å². The fourth-order valence-electron chi connectivity index (χ4n) is 2.92. The summed E-state index contributed by atoms with van der Waals surface area (Å²) in [7, 11) is 2.00. The average Bonchev–Trinajstić information content (AvgIpc) is 3.06. The van der Waals surface area contributed by atoms with Crippen LogP contribution in [0.3, 0.4) is 0 Å². The quantitative estimate of drug-likeness (QED) is 0.755. The summed E-state index contributed by atoms with van der Waals surface area (Å²) in [6.45, 7) is 4.35. The van der Waals surface area contributed by atoms with Crippen LogP contribution in [0.4, 0.5) is 0 Å². The van der Waals surface area contributed by atoms with E-state index in [-0.39, 0.29) is 5.91 Å². The number of hydrogen-bond donors (Lipinski definition) is 1. The number of nitrogens with zero attached hydrogens (tertiary/aromatic N) is 3. The first kappa shape index (κ1) is 16.2. The summed E-state index contributed by atoms with van der Waals surface area (Å²) >= 11 is 0.